The normalized spacial score (nSPS) is 15.5. The molecule has 1 N–H and O–H groups in total. The second-order valence-electron chi connectivity index (χ2n) is 4.47. The van der Waals surface area contributed by atoms with Gasteiger partial charge in [0.15, 0.2) is 0 Å². The molecule has 1 aromatic carbocycles. The van der Waals surface area contributed by atoms with Crippen LogP contribution in [-0.2, 0) is 6.18 Å². The summed E-state index contributed by atoms with van der Waals surface area (Å²) >= 11 is 0. The van der Waals surface area contributed by atoms with Crippen LogP contribution in [0.25, 0.3) is 0 Å². The van der Waals surface area contributed by atoms with Gasteiger partial charge in [-0.2, -0.15) is 13.2 Å². The molecule has 5 heteroatoms. The first kappa shape index (κ1) is 15.0. The molecule has 0 saturated heterocycles. The molecular formula is C13H16F4O. The van der Waals surface area contributed by atoms with Crippen molar-refractivity contribution in [3.8, 4) is 0 Å². The average Bonchev–Trinajstić information content (AvgIpc) is 2.27. The van der Waals surface area contributed by atoms with E-state index < -0.39 is 23.7 Å². The first-order valence-electron chi connectivity index (χ1n) is 5.81. The van der Waals surface area contributed by atoms with Gasteiger partial charge in [-0.05, 0) is 18.4 Å². The summed E-state index contributed by atoms with van der Waals surface area (Å²) in [7, 11) is 0. The molecule has 0 bridgehead atoms. The highest BCUT2D eigenvalue weighted by Crippen LogP contribution is 2.35. The van der Waals surface area contributed by atoms with Crippen molar-refractivity contribution in [1.82, 2.24) is 0 Å². The van der Waals surface area contributed by atoms with Crippen molar-refractivity contribution < 1.29 is 22.7 Å². The zero-order valence-corrected chi connectivity index (χ0v) is 10.3. The Labute approximate surface area is 103 Å². The number of halogens is 4. The molecule has 0 saturated carbocycles. The molecule has 0 fully saturated rings. The monoisotopic (exact) mass is 264 g/mol. The number of aliphatic hydroxyl groups excluding tert-OH is 1. The molecule has 0 heterocycles. The zero-order valence-electron chi connectivity index (χ0n) is 10.3. The maximum Gasteiger partial charge on any atom is 0.419 e. The summed E-state index contributed by atoms with van der Waals surface area (Å²) < 4.78 is 51.2. The van der Waals surface area contributed by atoms with Gasteiger partial charge in [0.25, 0.3) is 0 Å². The summed E-state index contributed by atoms with van der Waals surface area (Å²) in [6.45, 7) is 3.76. The molecule has 1 nitrogen and oxygen atoms in total. The minimum Gasteiger partial charge on any atom is -0.388 e. The van der Waals surface area contributed by atoms with Crippen molar-refractivity contribution >= 4 is 0 Å². The quantitative estimate of drug-likeness (QED) is 0.803. The minimum absolute atomic E-state index is 0.119. The van der Waals surface area contributed by atoms with Crippen LogP contribution in [0.15, 0.2) is 18.2 Å². The molecule has 0 aliphatic rings. The van der Waals surface area contributed by atoms with E-state index in [1.54, 1.807) is 0 Å². The number of hydrogen-bond acceptors (Lipinski definition) is 1. The lowest BCUT2D eigenvalue weighted by Gasteiger charge is -2.18. The van der Waals surface area contributed by atoms with Gasteiger partial charge in [-0.15, -0.1) is 0 Å². The van der Waals surface area contributed by atoms with Crippen LogP contribution in [0.2, 0.25) is 0 Å². The standard InChI is InChI=1S/C13H16F4O/c1-3-8(2)7-11(18)9-5-4-6-10(12(9)14)13(15,16)17/h4-6,8,11,18H,3,7H2,1-2H3. The molecule has 0 aliphatic heterocycles. The van der Waals surface area contributed by atoms with Gasteiger partial charge in [0.2, 0.25) is 0 Å². The van der Waals surface area contributed by atoms with Gasteiger partial charge in [0.05, 0.1) is 11.7 Å². The minimum atomic E-state index is -4.74. The van der Waals surface area contributed by atoms with Crippen LogP contribution in [0.4, 0.5) is 17.6 Å². The lowest BCUT2D eigenvalue weighted by Crippen LogP contribution is -2.13. The maximum atomic E-state index is 13.7. The van der Waals surface area contributed by atoms with E-state index in [9.17, 15) is 22.7 Å². The number of benzene rings is 1. The van der Waals surface area contributed by atoms with Crippen molar-refractivity contribution in [2.45, 2.75) is 39.0 Å². The summed E-state index contributed by atoms with van der Waals surface area (Å²) in [6, 6.07) is 2.98. The molecule has 0 spiro atoms. The van der Waals surface area contributed by atoms with Crippen LogP contribution in [0.3, 0.4) is 0 Å². The number of aliphatic hydroxyl groups is 1. The molecule has 0 radical (unpaired) electrons. The smallest absolute Gasteiger partial charge is 0.388 e. The molecule has 1 rings (SSSR count). The number of alkyl halides is 3. The summed E-state index contributed by atoms with van der Waals surface area (Å²) in [5.41, 5.74) is -1.62. The van der Waals surface area contributed by atoms with Crippen molar-refractivity contribution in [3.05, 3.63) is 35.1 Å². The Kier molecular flexibility index (Phi) is 4.73. The molecule has 0 aromatic heterocycles. The third kappa shape index (κ3) is 3.45. The van der Waals surface area contributed by atoms with Crippen LogP contribution >= 0.6 is 0 Å². The van der Waals surface area contributed by atoms with Gasteiger partial charge < -0.3 is 5.11 Å². The Balaban J connectivity index is 3.04. The Bertz CT molecular complexity index is 400. The molecule has 2 atom stereocenters. The largest absolute Gasteiger partial charge is 0.419 e. The predicted molar refractivity (Wildman–Crippen MR) is 60.4 cm³/mol. The van der Waals surface area contributed by atoms with Crippen LogP contribution in [0, 0.1) is 11.7 Å². The zero-order chi connectivity index (χ0) is 13.9. The first-order chi connectivity index (χ1) is 8.27. The summed E-state index contributed by atoms with van der Waals surface area (Å²) in [5.74, 6) is -1.25. The Morgan fingerprint density at radius 2 is 1.89 bits per heavy atom. The molecule has 18 heavy (non-hydrogen) atoms. The Morgan fingerprint density at radius 3 is 2.39 bits per heavy atom. The van der Waals surface area contributed by atoms with Crippen LogP contribution in [-0.4, -0.2) is 5.11 Å². The van der Waals surface area contributed by atoms with Gasteiger partial charge in [0, 0.05) is 5.56 Å². The number of hydrogen-bond donors (Lipinski definition) is 1. The van der Waals surface area contributed by atoms with Gasteiger partial charge in [-0.1, -0.05) is 32.4 Å². The topological polar surface area (TPSA) is 20.2 Å². The van der Waals surface area contributed by atoms with E-state index in [0.29, 0.717) is 6.07 Å². The highest BCUT2D eigenvalue weighted by atomic mass is 19.4. The van der Waals surface area contributed by atoms with E-state index in [-0.39, 0.29) is 17.9 Å². The fourth-order valence-corrected chi connectivity index (χ4v) is 1.70. The fourth-order valence-electron chi connectivity index (χ4n) is 1.70. The van der Waals surface area contributed by atoms with E-state index in [0.717, 1.165) is 12.5 Å². The Hall–Kier alpha value is -1.10. The molecule has 102 valence electrons. The summed E-state index contributed by atoms with van der Waals surface area (Å²) in [6.07, 6.45) is -4.93. The highest BCUT2D eigenvalue weighted by Gasteiger charge is 2.35. The highest BCUT2D eigenvalue weighted by molar-refractivity contribution is 5.29. The number of rotatable bonds is 4. The van der Waals surface area contributed by atoms with Crippen LogP contribution < -0.4 is 0 Å². The second kappa shape index (κ2) is 5.69. The second-order valence-corrected chi connectivity index (χ2v) is 4.47. The van der Waals surface area contributed by atoms with Crippen molar-refractivity contribution in [2.75, 3.05) is 0 Å². The molecular weight excluding hydrogens is 248 g/mol. The summed E-state index contributed by atoms with van der Waals surface area (Å²) in [5, 5.41) is 9.79. The third-order valence-corrected chi connectivity index (χ3v) is 3.02. The first-order valence-corrected chi connectivity index (χ1v) is 5.81. The predicted octanol–water partition coefficient (Wildman–Crippen LogP) is 4.31. The lowest BCUT2D eigenvalue weighted by molar-refractivity contribution is -0.140. The van der Waals surface area contributed by atoms with E-state index in [2.05, 4.69) is 0 Å². The van der Waals surface area contributed by atoms with Gasteiger partial charge in [-0.3, -0.25) is 0 Å². The molecule has 0 aliphatic carbocycles. The molecule has 2 unspecified atom stereocenters. The van der Waals surface area contributed by atoms with Gasteiger partial charge in [0.1, 0.15) is 5.82 Å². The van der Waals surface area contributed by atoms with Gasteiger partial charge in [-0.25, -0.2) is 4.39 Å². The molecule has 0 amide bonds. The summed E-state index contributed by atoms with van der Waals surface area (Å²) in [4.78, 5) is 0. The van der Waals surface area contributed by atoms with E-state index >= 15 is 0 Å². The van der Waals surface area contributed by atoms with Crippen LogP contribution in [0.1, 0.15) is 43.9 Å². The van der Waals surface area contributed by atoms with Crippen molar-refractivity contribution in [3.63, 3.8) is 0 Å². The van der Waals surface area contributed by atoms with E-state index in [1.807, 2.05) is 13.8 Å². The Morgan fingerprint density at radius 1 is 1.28 bits per heavy atom. The lowest BCUT2D eigenvalue weighted by atomic mass is 9.95. The van der Waals surface area contributed by atoms with Crippen LogP contribution in [0.5, 0.6) is 0 Å². The van der Waals surface area contributed by atoms with E-state index in [1.165, 1.54) is 6.07 Å². The maximum absolute atomic E-state index is 13.7. The van der Waals surface area contributed by atoms with Crippen molar-refractivity contribution in [2.24, 2.45) is 5.92 Å². The van der Waals surface area contributed by atoms with Gasteiger partial charge >= 0.3 is 6.18 Å². The molecule has 1 aromatic rings. The fraction of sp³-hybridized carbons (Fsp3) is 0.538. The average molecular weight is 264 g/mol. The van der Waals surface area contributed by atoms with E-state index in [4.69, 9.17) is 0 Å². The SMILES string of the molecule is CCC(C)CC(O)c1cccc(C(F)(F)F)c1F. The third-order valence-electron chi connectivity index (χ3n) is 3.02. The van der Waals surface area contributed by atoms with Crippen molar-refractivity contribution in [1.29, 1.82) is 0 Å².